The second-order valence-electron chi connectivity index (χ2n) is 6.63. The molecular weight excluding hydrogens is 316 g/mol. The Balaban J connectivity index is 1.55. The van der Waals surface area contributed by atoms with Gasteiger partial charge in [-0.3, -0.25) is 9.69 Å². The number of nitrogens with zero attached hydrogens (tertiary/aromatic N) is 3. The zero-order valence-electron chi connectivity index (χ0n) is 14.9. The van der Waals surface area contributed by atoms with Crippen molar-refractivity contribution in [1.82, 2.24) is 20.4 Å². The molecule has 0 aliphatic carbocycles. The summed E-state index contributed by atoms with van der Waals surface area (Å²) >= 11 is 0. The molecule has 0 saturated carbocycles. The summed E-state index contributed by atoms with van der Waals surface area (Å²) in [6.07, 6.45) is 3.42. The number of piperidine rings is 1. The van der Waals surface area contributed by atoms with E-state index in [-0.39, 0.29) is 18.0 Å². The molecule has 0 unspecified atom stereocenters. The standard InChI is InChI=1S/C19H26N4O2/c1-3-7-17(24)20-16-10-12-23(13-11-16)14(2)19-21-18(22-25-19)15-8-5-4-6-9-15/h4-6,8-9,14,16H,3,7,10-13H2,1-2H3,(H,20,24)/t14-/m0/s1. The number of hydrogen-bond acceptors (Lipinski definition) is 5. The van der Waals surface area contributed by atoms with Gasteiger partial charge in [-0.15, -0.1) is 0 Å². The Morgan fingerprint density at radius 2 is 2.04 bits per heavy atom. The lowest BCUT2D eigenvalue weighted by molar-refractivity contribution is -0.122. The van der Waals surface area contributed by atoms with Crippen molar-refractivity contribution in [2.24, 2.45) is 0 Å². The molecule has 6 heteroatoms. The second-order valence-corrected chi connectivity index (χ2v) is 6.63. The van der Waals surface area contributed by atoms with Crippen molar-refractivity contribution in [3.63, 3.8) is 0 Å². The number of hydrogen-bond donors (Lipinski definition) is 1. The maximum atomic E-state index is 11.7. The fraction of sp³-hybridized carbons (Fsp3) is 0.526. The molecule has 2 heterocycles. The van der Waals surface area contributed by atoms with Crippen LogP contribution in [-0.2, 0) is 4.79 Å². The Kier molecular flexibility index (Phi) is 5.81. The molecular formula is C19H26N4O2. The lowest BCUT2D eigenvalue weighted by Crippen LogP contribution is -2.45. The molecule has 6 nitrogen and oxygen atoms in total. The van der Waals surface area contributed by atoms with Gasteiger partial charge in [0.05, 0.1) is 6.04 Å². The van der Waals surface area contributed by atoms with Crippen LogP contribution in [0.3, 0.4) is 0 Å². The average Bonchev–Trinajstić information content (AvgIpc) is 3.13. The molecule has 0 radical (unpaired) electrons. The highest BCUT2D eigenvalue weighted by atomic mass is 16.5. The molecule has 1 N–H and O–H groups in total. The Hall–Kier alpha value is -2.21. The van der Waals surface area contributed by atoms with Crippen LogP contribution in [0.1, 0.15) is 51.5 Å². The number of aromatic nitrogens is 2. The van der Waals surface area contributed by atoms with Crippen LogP contribution in [0.25, 0.3) is 11.4 Å². The SMILES string of the molecule is CCCC(=O)NC1CCN([C@@H](C)c2nc(-c3ccccc3)no2)CC1. The highest BCUT2D eigenvalue weighted by molar-refractivity contribution is 5.76. The van der Waals surface area contributed by atoms with Crippen molar-refractivity contribution < 1.29 is 9.32 Å². The van der Waals surface area contributed by atoms with Crippen LogP contribution in [0.4, 0.5) is 0 Å². The van der Waals surface area contributed by atoms with Gasteiger partial charge in [0, 0.05) is 31.1 Å². The van der Waals surface area contributed by atoms with Gasteiger partial charge in [-0.1, -0.05) is 42.4 Å². The molecule has 1 aliphatic rings. The zero-order chi connectivity index (χ0) is 17.6. The second kappa shape index (κ2) is 8.25. The highest BCUT2D eigenvalue weighted by Crippen LogP contribution is 2.25. The Morgan fingerprint density at radius 1 is 1.32 bits per heavy atom. The van der Waals surface area contributed by atoms with Crippen molar-refractivity contribution in [3.05, 3.63) is 36.2 Å². The van der Waals surface area contributed by atoms with Gasteiger partial charge in [-0.2, -0.15) is 4.98 Å². The maximum Gasteiger partial charge on any atom is 0.244 e. The predicted octanol–water partition coefficient (Wildman–Crippen LogP) is 3.18. The lowest BCUT2D eigenvalue weighted by atomic mass is 10.0. The van der Waals surface area contributed by atoms with Crippen LogP contribution in [0, 0.1) is 0 Å². The topological polar surface area (TPSA) is 71.3 Å². The van der Waals surface area contributed by atoms with Gasteiger partial charge in [-0.25, -0.2) is 0 Å². The highest BCUT2D eigenvalue weighted by Gasteiger charge is 2.27. The fourth-order valence-electron chi connectivity index (χ4n) is 3.22. The van der Waals surface area contributed by atoms with Crippen molar-refractivity contribution in [2.45, 2.75) is 51.6 Å². The number of nitrogens with one attached hydrogen (secondary N) is 1. The van der Waals surface area contributed by atoms with Crippen LogP contribution in [0.5, 0.6) is 0 Å². The summed E-state index contributed by atoms with van der Waals surface area (Å²) in [6.45, 7) is 5.96. The number of carbonyl (C=O) groups is 1. The number of likely N-dealkylation sites (tertiary alicyclic amines) is 1. The quantitative estimate of drug-likeness (QED) is 0.873. The molecule has 1 aliphatic heterocycles. The minimum atomic E-state index is 0.0808. The summed E-state index contributed by atoms with van der Waals surface area (Å²) in [5, 5.41) is 7.23. The summed E-state index contributed by atoms with van der Waals surface area (Å²) in [5.41, 5.74) is 0.960. The summed E-state index contributed by atoms with van der Waals surface area (Å²) in [7, 11) is 0. The van der Waals surface area contributed by atoms with E-state index in [9.17, 15) is 4.79 Å². The number of rotatable bonds is 6. The van der Waals surface area contributed by atoms with Gasteiger partial charge in [0.1, 0.15) is 0 Å². The Labute approximate surface area is 148 Å². The number of benzene rings is 1. The number of carbonyl (C=O) groups excluding carboxylic acids is 1. The lowest BCUT2D eigenvalue weighted by Gasteiger charge is -2.34. The normalized spacial score (nSPS) is 17.4. The summed E-state index contributed by atoms with van der Waals surface area (Å²) in [5.74, 6) is 1.44. The van der Waals surface area contributed by atoms with E-state index in [4.69, 9.17) is 4.52 Å². The van der Waals surface area contributed by atoms with Gasteiger partial charge in [0.25, 0.3) is 0 Å². The molecule has 1 amide bonds. The molecule has 0 bridgehead atoms. The minimum absolute atomic E-state index is 0.0808. The molecule has 2 aromatic rings. The van der Waals surface area contributed by atoms with E-state index >= 15 is 0 Å². The fourth-order valence-corrected chi connectivity index (χ4v) is 3.22. The molecule has 134 valence electrons. The van der Waals surface area contributed by atoms with E-state index < -0.39 is 0 Å². The molecule has 1 aromatic carbocycles. The van der Waals surface area contributed by atoms with Gasteiger partial charge in [-0.05, 0) is 26.2 Å². The molecule has 1 aromatic heterocycles. The Morgan fingerprint density at radius 3 is 2.72 bits per heavy atom. The van der Waals surface area contributed by atoms with E-state index in [2.05, 4.69) is 27.3 Å². The zero-order valence-corrected chi connectivity index (χ0v) is 14.9. The van der Waals surface area contributed by atoms with E-state index in [0.29, 0.717) is 18.1 Å². The summed E-state index contributed by atoms with van der Waals surface area (Å²) in [4.78, 5) is 18.6. The van der Waals surface area contributed by atoms with Crippen LogP contribution in [0.2, 0.25) is 0 Å². The third kappa shape index (κ3) is 4.45. The third-order valence-electron chi connectivity index (χ3n) is 4.75. The Bertz CT molecular complexity index is 678. The third-order valence-corrected chi connectivity index (χ3v) is 4.75. The van der Waals surface area contributed by atoms with Crippen molar-refractivity contribution in [3.8, 4) is 11.4 Å². The molecule has 1 fully saturated rings. The van der Waals surface area contributed by atoms with Crippen LogP contribution < -0.4 is 5.32 Å². The van der Waals surface area contributed by atoms with Crippen molar-refractivity contribution >= 4 is 5.91 Å². The molecule has 1 saturated heterocycles. The van der Waals surface area contributed by atoms with Gasteiger partial charge in [0.15, 0.2) is 0 Å². The molecule has 25 heavy (non-hydrogen) atoms. The van der Waals surface area contributed by atoms with E-state index in [1.165, 1.54) is 0 Å². The van der Waals surface area contributed by atoms with Crippen LogP contribution in [0.15, 0.2) is 34.9 Å². The molecule has 3 rings (SSSR count). The van der Waals surface area contributed by atoms with E-state index in [1.807, 2.05) is 37.3 Å². The van der Waals surface area contributed by atoms with Crippen molar-refractivity contribution in [1.29, 1.82) is 0 Å². The van der Waals surface area contributed by atoms with Crippen LogP contribution in [-0.4, -0.2) is 40.1 Å². The largest absolute Gasteiger partial charge is 0.353 e. The minimum Gasteiger partial charge on any atom is -0.353 e. The smallest absolute Gasteiger partial charge is 0.244 e. The monoisotopic (exact) mass is 342 g/mol. The molecule has 0 spiro atoms. The summed E-state index contributed by atoms with van der Waals surface area (Å²) in [6, 6.07) is 10.2. The van der Waals surface area contributed by atoms with Gasteiger partial charge in [0.2, 0.25) is 17.6 Å². The van der Waals surface area contributed by atoms with Crippen LogP contribution >= 0.6 is 0 Å². The first-order valence-electron chi connectivity index (χ1n) is 9.09. The van der Waals surface area contributed by atoms with Gasteiger partial charge < -0.3 is 9.84 Å². The van der Waals surface area contributed by atoms with Crippen molar-refractivity contribution in [2.75, 3.05) is 13.1 Å². The first-order chi connectivity index (χ1) is 12.2. The first-order valence-corrected chi connectivity index (χ1v) is 9.09. The van der Waals surface area contributed by atoms with E-state index in [1.54, 1.807) is 0 Å². The summed E-state index contributed by atoms with van der Waals surface area (Å²) < 4.78 is 5.48. The predicted molar refractivity (Wildman–Crippen MR) is 95.8 cm³/mol. The number of amides is 1. The maximum absolute atomic E-state index is 11.7. The van der Waals surface area contributed by atoms with Gasteiger partial charge >= 0.3 is 0 Å². The first kappa shape index (κ1) is 17.6. The molecule has 1 atom stereocenters. The average molecular weight is 342 g/mol. The van der Waals surface area contributed by atoms with E-state index in [0.717, 1.165) is 37.9 Å².